The van der Waals surface area contributed by atoms with Gasteiger partial charge in [-0.1, -0.05) is 18.2 Å². The normalized spacial score (nSPS) is 15.0. The van der Waals surface area contributed by atoms with Crippen molar-refractivity contribution in [2.45, 2.75) is 13.3 Å². The zero-order chi connectivity index (χ0) is 18.1. The molecular weight excluding hydrogens is 336 g/mol. The monoisotopic (exact) mass is 364 g/mol. The van der Waals surface area contributed by atoms with Gasteiger partial charge in [0, 0.05) is 52.1 Å². The van der Waals surface area contributed by atoms with Crippen molar-refractivity contribution in [1.82, 2.24) is 15.1 Å². The Balaban J connectivity index is 1.69. The van der Waals surface area contributed by atoms with Crippen molar-refractivity contribution >= 4 is 28.9 Å². The summed E-state index contributed by atoms with van der Waals surface area (Å²) in [5.74, 6) is 0.0742. The van der Waals surface area contributed by atoms with Crippen LogP contribution in [0, 0.1) is 6.92 Å². The molecule has 1 saturated heterocycles. The number of nitrogens with one attached hydrogen (secondary N) is 2. The van der Waals surface area contributed by atoms with Crippen molar-refractivity contribution in [2.24, 2.45) is 0 Å². The van der Waals surface area contributed by atoms with E-state index in [1.807, 2.05) is 18.2 Å². The van der Waals surface area contributed by atoms with Crippen molar-refractivity contribution in [3.8, 4) is 0 Å². The van der Waals surface area contributed by atoms with Gasteiger partial charge in [0.05, 0.1) is 6.54 Å². The molecule has 1 aliphatic rings. The molecule has 0 radical (unpaired) electrons. The van der Waals surface area contributed by atoms with Gasteiger partial charge in [0.15, 0.2) is 5.11 Å². The number of hydrogen-bond acceptors (Lipinski definition) is 4. The molecule has 1 aromatic rings. The summed E-state index contributed by atoms with van der Waals surface area (Å²) in [5, 5.41) is 7.00. The molecule has 0 aromatic heterocycles. The number of piperazine rings is 1. The minimum atomic E-state index is 0.0742. The Kier molecular flexibility index (Phi) is 8.11. The third-order valence-corrected chi connectivity index (χ3v) is 4.62. The second kappa shape index (κ2) is 10.3. The first kappa shape index (κ1) is 19.6. The number of methoxy groups -OCH3 is 1. The van der Waals surface area contributed by atoms with Crippen LogP contribution in [0.3, 0.4) is 0 Å². The van der Waals surface area contributed by atoms with E-state index < -0.39 is 0 Å². The maximum absolute atomic E-state index is 11.9. The smallest absolute Gasteiger partial charge is 0.234 e. The summed E-state index contributed by atoms with van der Waals surface area (Å²) in [6.07, 6.45) is 0.842. The van der Waals surface area contributed by atoms with E-state index in [2.05, 4.69) is 33.4 Å². The van der Waals surface area contributed by atoms with Crippen molar-refractivity contribution in [3.63, 3.8) is 0 Å². The first-order valence-electron chi connectivity index (χ1n) is 8.69. The molecule has 1 amide bonds. The Labute approximate surface area is 155 Å². The van der Waals surface area contributed by atoms with E-state index in [-0.39, 0.29) is 5.91 Å². The molecule has 7 heteroatoms. The number of amides is 1. The number of anilines is 1. The van der Waals surface area contributed by atoms with Gasteiger partial charge in [-0.25, -0.2) is 0 Å². The predicted octanol–water partition coefficient (Wildman–Crippen LogP) is 1.46. The average Bonchev–Trinajstić information content (AvgIpc) is 2.61. The Morgan fingerprint density at radius 3 is 2.64 bits per heavy atom. The summed E-state index contributed by atoms with van der Waals surface area (Å²) in [5.41, 5.74) is 2.22. The fourth-order valence-electron chi connectivity index (χ4n) is 2.72. The summed E-state index contributed by atoms with van der Waals surface area (Å²) in [6.45, 7) is 7.17. The average molecular weight is 365 g/mol. The van der Waals surface area contributed by atoms with E-state index in [0.717, 1.165) is 43.4 Å². The number of carbonyl (C=O) groups is 1. The topological polar surface area (TPSA) is 56.8 Å². The second-order valence-corrected chi connectivity index (χ2v) is 6.59. The molecule has 0 aliphatic carbocycles. The van der Waals surface area contributed by atoms with Crippen LogP contribution in [0.1, 0.15) is 12.0 Å². The molecule has 0 spiro atoms. The van der Waals surface area contributed by atoms with Gasteiger partial charge in [0.1, 0.15) is 0 Å². The summed E-state index contributed by atoms with van der Waals surface area (Å²) in [6, 6.07) is 8.11. The molecule has 2 rings (SSSR count). The number of benzene rings is 1. The number of para-hydroxylation sites is 1. The number of nitrogens with zero attached hydrogens (tertiary/aromatic N) is 2. The Hall–Kier alpha value is -1.70. The number of thiocarbonyl (C=S) groups is 1. The van der Waals surface area contributed by atoms with E-state index >= 15 is 0 Å². The van der Waals surface area contributed by atoms with Crippen LogP contribution in [-0.4, -0.2) is 73.8 Å². The van der Waals surface area contributed by atoms with Crippen molar-refractivity contribution < 1.29 is 9.53 Å². The molecule has 0 saturated carbocycles. The fourth-order valence-corrected chi connectivity index (χ4v) is 3.01. The van der Waals surface area contributed by atoms with Crippen molar-refractivity contribution in [2.75, 3.05) is 58.3 Å². The van der Waals surface area contributed by atoms with Gasteiger partial charge in [-0.05, 0) is 37.2 Å². The summed E-state index contributed by atoms with van der Waals surface area (Å²) < 4.78 is 4.97. The van der Waals surface area contributed by atoms with Crippen molar-refractivity contribution in [3.05, 3.63) is 29.8 Å². The highest BCUT2D eigenvalue weighted by Crippen LogP contribution is 2.14. The van der Waals surface area contributed by atoms with Crippen molar-refractivity contribution in [1.29, 1.82) is 0 Å². The molecule has 0 unspecified atom stereocenters. The highest BCUT2D eigenvalue weighted by molar-refractivity contribution is 7.80. The van der Waals surface area contributed by atoms with E-state index in [4.69, 9.17) is 17.0 Å². The van der Waals surface area contributed by atoms with Gasteiger partial charge >= 0.3 is 0 Å². The Morgan fingerprint density at radius 2 is 1.96 bits per heavy atom. The van der Waals surface area contributed by atoms with Crippen LogP contribution in [0.25, 0.3) is 0 Å². The number of aryl methyl sites for hydroxylation is 1. The van der Waals surface area contributed by atoms with Crippen LogP contribution in [0.15, 0.2) is 24.3 Å². The number of carbonyl (C=O) groups excluding carboxylic acids is 1. The lowest BCUT2D eigenvalue weighted by Gasteiger charge is -2.36. The van der Waals surface area contributed by atoms with Gasteiger partial charge < -0.3 is 20.3 Å². The molecule has 1 aromatic carbocycles. The first-order chi connectivity index (χ1) is 12.1. The van der Waals surface area contributed by atoms with Crippen LogP contribution in [0.4, 0.5) is 5.69 Å². The molecule has 25 heavy (non-hydrogen) atoms. The third kappa shape index (κ3) is 6.61. The number of ether oxygens (including phenoxy) is 1. The van der Waals surface area contributed by atoms with Crippen LogP contribution in [0.2, 0.25) is 0 Å². The summed E-state index contributed by atoms with van der Waals surface area (Å²) in [4.78, 5) is 16.2. The SMILES string of the molecule is COCCCNC(=O)CN1CCN(C(=S)Nc2ccccc2C)CC1. The maximum atomic E-state index is 11.9. The van der Waals surface area contributed by atoms with Gasteiger partial charge in [-0.3, -0.25) is 9.69 Å². The molecule has 6 nitrogen and oxygen atoms in total. The fraction of sp³-hybridized carbons (Fsp3) is 0.556. The van der Waals surface area contributed by atoms with E-state index in [1.54, 1.807) is 7.11 Å². The highest BCUT2D eigenvalue weighted by atomic mass is 32.1. The maximum Gasteiger partial charge on any atom is 0.234 e. The summed E-state index contributed by atoms with van der Waals surface area (Å²) in [7, 11) is 1.67. The molecule has 2 N–H and O–H groups in total. The lowest BCUT2D eigenvalue weighted by molar-refractivity contribution is -0.122. The van der Waals surface area contributed by atoms with E-state index in [0.29, 0.717) is 19.7 Å². The number of rotatable bonds is 7. The quantitative estimate of drug-likeness (QED) is 0.564. The van der Waals surface area contributed by atoms with Crippen LogP contribution < -0.4 is 10.6 Å². The van der Waals surface area contributed by atoms with Crippen LogP contribution in [0.5, 0.6) is 0 Å². The van der Waals surface area contributed by atoms with E-state index in [1.165, 1.54) is 5.56 Å². The van der Waals surface area contributed by atoms with Gasteiger partial charge in [0.2, 0.25) is 5.91 Å². The molecule has 1 heterocycles. The molecular formula is C18H28N4O2S. The number of hydrogen-bond donors (Lipinski definition) is 2. The molecule has 1 fully saturated rings. The van der Waals surface area contributed by atoms with E-state index in [9.17, 15) is 4.79 Å². The molecule has 138 valence electrons. The van der Waals surface area contributed by atoms with Gasteiger partial charge in [0.25, 0.3) is 0 Å². The Bertz CT molecular complexity index is 574. The standard InChI is InChI=1S/C18H28N4O2S/c1-15-6-3-4-7-16(15)20-18(25)22-11-9-21(10-12-22)14-17(23)19-8-5-13-24-2/h3-4,6-7H,5,8-14H2,1-2H3,(H,19,23)(H,20,25). The lowest BCUT2D eigenvalue weighted by Crippen LogP contribution is -2.52. The second-order valence-electron chi connectivity index (χ2n) is 6.20. The zero-order valence-corrected chi connectivity index (χ0v) is 15.9. The predicted molar refractivity (Wildman–Crippen MR) is 105 cm³/mol. The minimum absolute atomic E-state index is 0.0742. The molecule has 0 bridgehead atoms. The third-order valence-electron chi connectivity index (χ3n) is 4.26. The Morgan fingerprint density at radius 1 is 1.24 bits per heavy atom. The zero-order valence-electron chi connectivity index (χ0n) is 15.1. The van der Waals surface area contributed by atoms with Crippen LogP contribution >= 0.6 is 12.2 Å². The molecule has 0 atom stereocenters. The van der Waals surface area contributed by atoms with Gasteiger partial charge in [-0.2, -0.15) is 0 Å². The highest BCUT2D eigenvalue weighted by Gasteiger charge is 2.20. The van der Waals surface area contributed by atoms with Gasteiger partial charge in [-0.15, -0.1) is 0 Å². The van der Waals surface area contributed by atoms with Crippen LogP contribution in [-0.2, 0) is 9.53 Å². The molecule has 1 aliphatic heterocycles. The summed E-state index contributed by atoms with van der Waals surface area (Å²) >= 11 is 5.53. The lowest BCUT2D eigenvalue weighted by atomic mass is 10.2. The minimum Gasteiger partial charge on any atom is -0.385 e. The first-order valence-corrected chi connectivity index (χ1v) is 9.10. The largest absolute Gasteiger partial charge is 0.385 e.